The van der Waals surface area contributed by atoms with E-state index in [4.69, 9.17) is 13.7 Å². The Morgan fingerprint density at radius 1 is 1.10 bits per heavy atom. The number of anilines is 2. The normalized spacial score (nSPS) is 21.0. The van der Waals surface area contributed by atoms with Crippen LogP contribution in [0.2, 0.25) is 0 Å². The molecule has 1 N–H and O–H groups in total. The Labute approximate surface area is 239 Å². The number of pyridine rings is 1. The molecule has 3 atom stereocenters. The van der Waals surface area contributed by atoms with E-state index in [-0.39, 0.29) is 5.97 Å². The van der Waals surface area contributed by atoms with Gasteiger partial charge in [-0.2, -0.15) is 4.98 Å². The van der Waals surface area contributed by atoms with Crippen molar-refractivity contribution in [3.8, 4) is 22.8 Å². The Balaban J connectivity index is 1.08. The van der Waals surface area contributed by atoms with Crippen LogP contribution in [0.5, 0.6) is 0 Å². The van der Waals surface area contributed by atoms with Gasteiger partial charge in [0.15, 0.2) is 5.76 Å². The van der Waals surface area contributed by atoms with Crippen LogP contribution in [0.1, 0.15) is 61.2 Å². The molecule has 6 rings (SSSR count). The van der Waals surface area contributed by atoms with E-state index in [2.05, 4.69) is 36.4 Å². The molecule has 10 nitrogen and oxygen atoms in total. The molecule has 0 unspecified atom stereocenters. The first-order valence-corrected chi connectivity index (χ1v) is 14.5. The number of nitrogens with one attached hydrogen (secondary N) is 1. The van der Waals surface area contributed by atoms with Gasteiger partial charge >= 0.3 is 5.97 Å². The Morgan fingerprint density at radius 2 is 2.00 bits per heavy atom. The number of hydrogen-bond donors (Lipinski definition) is 1. The Bertz CT molecular complexity index is 1470. The fraction of sp³-hybridized carbons (Fsp3) is 0.452. The second-order valence-electron chi connectivity index (χ2n) is 11.1. The molecular weight excluding hydrogens is 520 g/mol. The van der Waals surface area contributed by atoms with Crippen molar-refractivity contribution >= 4 is 17.7 Å². The van der Waals surface area contributed by atoms with Gasteiger partial charge in [0, 0.05) is 31.6 Å². The van der Waals surface area contributed by atoms with Crippen LogP contribution in [0, 0.1) is 18.8 Å². The Kier molecular flexibility index (Phi) is 7.98. The van der Waals surface area contributed by atoms with Crippen LogP contribution in [0.4, 0.5) is 11.7 Å². The number of ether oxygens (including phenoxy) is 1. The van der Waals surface area contributed by atoms with E-state index in [1.165, 1.54) is 45.6 Å². The van der Waals surface area contributed by atoms with Gasteiger partial charge < -0.3 is 23.9 Å². The van der Waals surface area contributed by atoms with Gasteiger partial charge in [-0.1, -0.05) is 30.1 Å². The third-order valence-corrected chi connectivity index (χ3v) is 8.32. The highest BCUT2D eigenvalue weighted by Crippen LogP contribution is 2.36. The van der Waals surface area contributed by atoms with Crippen molar-refractivity contribution in [2.24, 2.45) is 11.8 Å². The summed E-state index contributed by atoms with van der Waals surface area (Å²) in [6, 6.07) is 12.2. The minimum Gasteiger partial charge on any atom is -0.465 e. The average molecular weight is 557 g/mol. The lowest BCUT2D eigenvalue weighted by molar-refractivity contribution is 0.0600. The zero-order chi connectivity index (χ0) is 28.2. The Morgan fingerprint density at radius 3 is 2.80 bits per heavy atom. The number of rotatable bonds is 8. The highest BCUT2D eigenvalue weighted by molar-refractivity contribution is 5.90. The first-order chi connectivity index (χ1) is 20.1. The molecule has 41 heavy (non-hydrogen) atoms. The molecule has 0 radical (unpaired) electrons. The van der Waals surface area contributed by atoms with Crippen molar-refractivity contribution in [1.82, 2.24) is 20.1 Å². The summed E-state index contributed by atoms with van der Waals surface area (Å²) >= 11 is 0. The van der Waals surface area contributed by atoms with E-state index in [0.29, 0.717) is 46.9 Å². The summed E-state index contributed by atoms with van der Waals surface area (Å²) in [6.45, 7) is 3.86. The molecule has 1 aliphatic heterocycles. The molecule has 1 saturated carbocycles. The van der Waals surface area contributed by atoms with E-state index in [0.717, 1.165) is 36.5 Å². The molecule has 10 heteroatoms. The number of hydrogen-bond acceptors (Lipinski definition) is 10. The van der Waals surface area contributed by atoms with Crippen molar-refractivity contribution in [2.45, 2.75) is 57.9 Å². The molecule has 4 aromatic rings. The number of carbonyl (C=O) groups is 1. The molecule has 2 aliphatic rings. The highest BCUT2D eigenvalue weighted by atomic mass is 16.5. The first-order valence-electron chi connectivity index (χ1n) is 14.5. The minimum atomic E-state index is -0.372. The number of aromatic nitrogens is 4. The van der Waals surface area contributed by atoms with Crippen LogP contribution in [0.15, 0.2) is 57.7 Å². The number of benzene rings is 1. The second kappa shape index (κ2) is 12.1. The topological polar surface area (TPSA) is 119 Å². The number of methoxy groups -OCH3 is 1. The van der Waals surface area contributed by atoms with Gasteiger partial charge in [-0.25, -0.2) is 9.78 Å². The molecule has 1 aromatic carbocycles. The van der Waals surface area contributed by atoms with Gasteiger partial charge in [0.1, 0.15) is 5.69 Å². The molecule has 0 spiro atoms. The van der Waals surface area contributed by atoms with E-state index in [1.54, 1.807) is 25.3 Å². The standard InChI is InChI=1S/C31H36N6O4/c1-20-34-29(36-41-20)27-13-12-25(17-32-27)37-14-6-7-21(19-37)15-22-8-3-4-11-26(22)35-31-33-18-28(40-31)23-9-5-10-24(16-23)30(38)39-2/h5,9-10,12-13,16-18,21-22,26H,3-4,6-8,11,14-15,19H2,1-2H3,(H,33,35)/t21-,22+,26-/m1/s1. The van der Waals surface area contributed by atoms with Crippen molar-refractivity contribution in [3.63, 3.8) is 0 Å². The van der Waals surface area contributed by atoms with Crippen LogP contribution in [0.3, 0.4) is 0 Å². The van der Waals surface area contributed by atoms with Gasteiger partial charge in [-0.15, -0.1) is 0 Å². The van der Waals surface area contributed by atoms with Crippen LogP contribution >= 0.6 is 0 Å². The molecule has 2 fully saturated rings. The minimum absolute atomic E-state index is 0.325. The zero-order valence-electron chi connectivity index (χ0n) is 23.6. The fourth-order valence-corrected chi connectivity index (χ4v) is 6.26. The quantitative estimate of drug-likeness (QED) is 0.253. The van der Waals surface area contributed by atoms with Gasteiger partial charge in [-0.05, 0) is 68.2 Å². The second-order valence-corrected chi connectivity index (χ2v) is 11.1. The maximum absolute atomic E-state index is 11.9. The van der Waals surface area contributed by atoms with Crippen LogP contribution in [-0.2, 0) is 4.74 Å². The summed E-state index contributed by atoms with van der Waals surface area (Å²) in [6.07, 6.45) is 12.0. The SMILES string of the molecule is COC(=O)c1cccc(-c2cnc(N[C@@H]3CCCC[C@H]3C[C@H]3CCCN(c4ccc(-c5noc(C)n5)nc4)C3)o2)c1. The maximum Gasteiger partial charge on any atom is 0.337 e. The Hall–Kier alpha value is -4.21. The van der Waals surface area contributed by atoms with Crippen LogP contribution < -0.4 is 10.2 Å². The number of esters is 1. The number of aryl methyl sites for hydroxylation is 1. The van der Waals surface area contributed by atoms with Gasteiger partial charge in [-0.3, -0.25) is 4.98 Å². The third kappa shape index (κ3) is 6.26. The molecule has 1 aliphatic carbocycles. The number of piperidine rings is 1. The lowest BCUT2D eigenvalue weighted by Crippen LogP contribution is -2.39. The summed E-state index contributed by atoms with van der Waals surface area (Å²) in [7, 11) is 1.38. The fourth-order valence-electron chi connectivity index (χ4n) is 6.26. The molecule has 1 saturated heterocycles. The first kappa shape index (κ1) is 27.0. The summed E-state index contributed by atoms with van der Waals surface area (Å²) in [5.41, 5.74) is 3.14. The molecule has 0 amide bonds. The summed E-state index contributed by atoms with van der Waals surface area (Å²) in [5, 5.41) is 7.59. The third-order valence-electron chi connectivity index (χ3n) is 8.32. The smallest absolute Gasteiger partial charge is 0.337 e. The monoisotopic (exact) mass is 556 g/mol. The largest absolute Gasteiger partial charge is 0.465 e. The van der Waals surface area contributed by atoms with Crippen molar-refractivity contribution in [2.75, 3.05) is 30.4 Å². The van der Waals surface area contributed by atoms with E-state index in [9.17, 15) is 4.79 Å². The number of carbonyl (C=O) groups excluding carboxylic acids is 1. The zero-order valence-corrected chi connectivity index (χ0v) is 23.6. The van der Waals surface area contributed by atoms with Crippen LogP contribution in [0.25, 0.3) is 22.8 Å². The van der Waals surface area contributed by atoms with Crippen LogP contribution in [-0.4, -0.2) is 52.3 Å². The molecular formula is C31H36N6O4. The summed E-state index contributed by atoms with van der Waals surface area (Å²) < 4.78 is 16.0. The molecule has 4 heterocycles. The van der Waals surface area contributed by atoms with E-state index in [1.807, 2.05) is 24.4 Å². The summed E-state index contributed by atoms with van der Waals surface area (Å²) in [4.78, 5) is 27.8. The lowest BCUT2D eigenvalue weighted by Gasteiger charge is -2.39. The van der Waals surface area contributed by atoms with E-state index >= 15 is 0 Å². The molecule has 214 valence electrons. The van der Waals surface area contributed by atoms with Gasteiger partial charge in [0.25, 0.3) is 6.01 Å². The van der Waals surface area contributed by atoms with Gasteiger partial charge in [0.2, 0.25) is 11.7 Å². The maximum atomic E-state index is 11.9. The number of nitrogens with zero attached hydrogens (tertiary/aromatic N) is 5. The van der Waals surface area contributed by atoms with Gasteiger partial charge in [0.05, 0.1) is 30.8 Å². The molecule has 3 aromatic heterocycles. The van der Waals surface area contributed by atoms with Crippen molar-refractivity contribution < 1.29 is 18.5 Å². The summed E-state index contributed by atoms with van der Waals surface area (Å²) in [5.74, 6) is 2.50. The van der Waals surface area contributed by atoms with Crippen molar-refractivity contribution in [3.05, 3.63) is 60.2 Å². The average Bonchev–Trinajstić information content (AvgIpc) is 3.67. The van der Waals surface area contributed by atoms with E-state index < -0.39 is 0 Å². The highest BCUT2D eigenvalue weighted by Gasteiger charge is 2.31. The number of oxazole rings is 1. The molecule has 0 bridgehead atoms. The predicted molar refractivity (Wildman–Crippen MR) is 154 cm³/mol. The lowest BCUT2D eigenvalue weighted by atomic mass is 9.77. The predicted octanol–water partition coefficient (Wildman–Crippen LogP) is 6.16. The van der Waals surface area contributed by atoms with Crippen molar-refractivity contribution in [1.29, 1.82) is 0 Å².